The Morgan fingerprint density at radius 2 is 2.06 bits per heavy atom. The Hall–Kier alpha value is -1.38. The number of imide groups is 1. The zero-order valence-electron chi connectivity index (χ0n) is 10.4. The lowest BCUT2D eigenvalue weighted by Crippen LogP contribution is -2.55. The Labute approximate surface area is 107 Å². The first-order valence-electron chi connectivity index (χ1n) is 6.44. The lowest BCUT2D eigenvalue weighted by molar-refractivity contribution is -0.134. The van der Waals surface area contributed by atoms with Crippen LogP contribution in [0.4, 0.5) is 0 Å². The van der Waals surface area contributed by atoms with Crippen molar-refractivity contribution in [1.82, 2.24) is 15.5 Å². The molecule has 0 radical (unpaired) electrons. The molecule has 5 heteroatoms. The SMILES string of the molecule is C#CCN1CCC(NC2CCC(=O)NC2=O)CC1. The predicted octanol–water partition coefficient (Wildman–Crippen LogP) is -0.521. The van der Waals surface area contributed by atoms with E-state index in [9.17, 15) is 9.59 Å². The van der Waals surface area contributed by atoms with Gasteiger partial charge in [0.1, 0.15) is 0 Å². The summed E-state index contributed by atoms with van der Waals surface area (Å²) in [5, 5.41) is 5.72. The number of nitrogens with zero attached hydrogens (tertiary/aromatic N) is 1. The molecule has 0 aromatic heterocycles. The predicted molar refractivity (Wildman–Crippen MR) is 67.6 cm³/mol. The van der Waals surface area contributed by atoms with Gasteiger partial charge in [-0.25, -0.2) is 0 Å². The molecule has 0 saturated carbocycles. The molecule has 1 unspecified atom stereocenters. The van der Waals surface area contributed by atoms with Crippen LogP contribution in [-0.4, -0.2) is 48.4 Å². The van der Waals surface area contributed by atoms with Crippen molar-refractivity contribution in [3.8, 4) is 12.3 Å². The fourth-order valence-corrected chi connectivity index (χ4v) is 2.52. The number of nitrogens with one attached hydrogen (secondary N) is 2. The molecule has 0 aromatic carbocycles. The summed E-state index contributed by atoms with van der Waals surface area (Å²) in [6.45, 7) is 2.63. The lowest BCUT2D eigenvalue weighted by atomic mass is 10.0. The quantitative estimate of drug-likeness (QED) is 0.522. The minimum atomic E-state index is -0.216. The van der Waals surface area contributed by atoms with E-state index >= 15 is 0 Å². The van der Waals surface area contributed by atoms with Crippen molar-refractivity contribution < 1.29 is 9.59 Å². The van der Waals surface area contributed by atoms with Gasteiger partial charge in [-0.15, -0.1) is 6.42 Å². The van der Waals surface area contributed by atoms with Gasteiger partial charge in [-0.05, 0) is 19.3 Å². The molecule has 0 aliphatic carbocycles. The van der Waals surface area contributed by atoms with E-state index in [2.05, 4.69) is 21.5 Å². The smallest absolute Gasteiger partial charge is 0.243 e. The molecule has 0 aromatic rings. The lowest BCUT2D eigenvalue weighted by Gasteiger charge is -2.34. The average Bonchev–Trinajstić information content (AvgIpc) is 2.35. The van der Waals surface area contributed by atoms with Gasteiger partial charge in [0.25, 0.3) is 0 Å². The van der Waals surface area contributed by atoms with Crippen molar-refractivity contribution in [3.05, 3.63) is 0 Å². The molecule has 18 heavy (non-hydrogen) atoms. The van der Waals surface area contributed by atoms with Crippen LogP contribution in [0, 0.1) is 12.3 Å². The number of piperidine rings is 2. The number of hydrogen-bond donors (Lipinski definition) is 2. The highest BCUT2D eigenvalue weighted by atomic mass is 16.2. The first-order chi connectivity index (χ1) is 8.69. The van der Waals surface area contributed by atoms with Crippen LogP contribution in [0.1, 0.15) is 25.7 Å². The van der Waals surface area contributed by atoms with Crippen LogP contribution in [0.15, 0.2) is 0 Å². The summed E-state index contributed by atoms with van der Waals surface area (Å²) in [4.78, 5) is 24.9. The minimum Gasteiger partial charge on any atom is -0.303 e. The second-order valence-corrected chi connectivity index (χ2v) is 4.92. The zero-order chi connectivity index (χ0) is 13.0. The van der Waals surface area contributed by atoms with Gasteiger partial charge in [0.15, 0.2) is 0 Å². The van der Waals surface area contributed by atoms with E-state index in [-0.39, 0.29) is 17.9 Å². The monoisotopic (exact) mass is 249 g/mol. The van der Waals surface area contributed by atoms with Crippen molar-refractivity contribution in [2.24, 2.45) is 0 Å². The summed E-state index contributed by atoms with van der Waals surface area (Å²) in [7, 11) is 0. The van der Waals surface area contributed by atoms with Crippen molar-refractivity contribution in [3.63, 3.8) is 0 Å². The molecule has 2 rings (SSSR count). The Kier molecular flexibility index (Phi) is 4.34. The maximum Gasteiger partial charge on any atom is 0.243 e. The average molecular weight is 249 g/mol. The highest BCUT2D eigenvalue weighted by Gasteiger charge is 2.29. The maximum absolute atomic E-state index is 11.6. The van der Waals surface area contributed by atoms with Crippen LogP contribution < -0.4 is 10.6 Å². The first kappa shape index (κ1) is 13.1. The normalized spacial score (nSPS) is 26.7. The van der Waals surface area contributed by atoms with Crippen LogP contribution >= 0.6 is 0 Å². The van der Waals surface area contributed by atoms with Crippen LogP contribution in [0.5, 0.6) is 0 Å². The summed E-state index contributed by atoms with van der Waals surface area (Å²) < 4.78 is 0. The summed E-state index contributed by atoms with van der Waals surface area (Å²) in [5.74, 6) is 2.30. The number of amides is 2. The number of terminal acetylenes is 1. The molecule has 98 valence electrons. The van der Waals surface area contributed by atoms with Crippen molar-refractivity contribution >= 4 is 11.8 Å². The Morgan fingerprint density at radius 3 is 2.67 bits per heavy atom. The van der Waals surface area contributed by atoms with Gasteiger partial charge in [0.05, 0.1) is 12.6 Å². The van der Waals surface area contributed by atoms with Gasteiger partial charge in [0, 0.05) is 25.6 Å². The maximum atomic E-state index is 11.6. The summed E-state index contributed by atoms with van der Waals surface area (Å²) in [6, 6.07) is 0.134. The fraction of sp³-hybridized carbons (Fsp3) is 0.692. The van der Waals surface area contributed by atoms with Crippen molar-refractivity contribution in [2.75, 3.05) is 19.6 Å². The van der Waals surface area contributed by atoms with Crippen LogP contribution in [0.2, 0.25) is 0 Å². The summed E-state index contributed by atoms with van der Waals surface area (Å²) in [5.41, 5.74) is 0. The van der Waals surface area contributed by atoms with E-state index in [4.69, 9.17) is 6.42 Å². The number of carbonyl (C=O) groups is 2. The third-order valence-corrected chi connectivity index (χ3v) is 3.58. The third-order valence-electron chi connectivity index (χ3n) is 3.58. The third kappa shape index (κ3) is 3.31. The molecule has 5 nitrogen and oxygen atoms in total. The second kappa shape index (κ2) is 5.98. The first-order valence-corrected chi connectivity index (χ1v) is 6.44. The fourth-order valence-electron chi connectivity index (χ4n) is 2.52. The molecule has 2 amide bonds. The highest BCUT2D eigenvalue weighted by Crippen LogP contribution is 2.13. The molecule has 1 atom stereocenters. The molecule has 0 spiro atoms. The highest BCUT2D eigenvalue weighted by molar-refractivity contribution is 6.00. The molecule has 2 fully saturated rings. The van der Waals surface area contributed by atoms with Gasteiger partial charge in [0.2, 0.25) is 11.8 Å². The van der Waals surface area contributed by atoms with E-state index in [0.717, 1.165) is 25.9 Å². The van der Waals surface area contributed by atoms with E-state index in [1.807, 2.05) is 0 Å². The number of rotatable bonds is 3. The largest absolute Gasteiger partial charge is 0.303 e. The Bertz CT molecular complexity index is 367. The van der Waals surface area contributed by atoms with Crippen molar-refractivity contribution in [2.45, 2.75) is 37.8 Å². The number of likely N-dealkylation sites (tertiary alicyclic amines) is 1. The van der Waals surface area contributed by atoms with Gasteiger partial charge in [-0.1, -0.05) is 5.92 Å². The van der Waals surface area contributed by atoms with E-state index in [1.165, 1.54) is 0 Å². The van der Waals surface area contributed by atoms with Crippen LogP contribution in [0.3, 0.4) is 0 Å². The number of hydrogen-bond acceptors (Lipinski definition) is 4. The number of carbonyl (C=O) groups excluding carboxylic acids is 2. The molecule has 2 aliphatic heterocycles. The molecule has 0 bridgehead atoms. The molecular weight excluding hydrogens is 230 g/mol. The van der Waals surface area contributed by atoms with E-state index < -0.39 is 0 Å². The van der Waals surface area contributed by atoms with Crippen molar-refractivity contribution in [1.29, 1.82) is 0 Å². The Balaban J connectivity index is 1.76. The Morgan fingerprint density at radius 1 is 1.33 bits per heavy atom. The summed E-state index contributed by atoms with van der Waals surface area (Å²) >= 11 is 0. The molecule has 2 N–H and O–H groups in total. The molecule has 2 aliphatic rings. The standard InChI is InChI=1S/C13H19N3O2/c1-2-7-16-8-5-10(6-9-16)14-11-3-4-12(17)15-13(11)18/h1,10-11,14H,3-9H2,(H,15,17,18). The molecule has 2 saturated heterocycles. The van der Waals surface area contributed by atoms with Gasteiger partial charge >= 0.3 is 0 Å². The molecular formula is C13H19N3O2. The van der Waals surface area contributed by atoms with E-state index in [0.29, 0.717) is 25.4 Å². The second-order valence-electron chi connectivity index (χ2n) is 4.92. The van der Waals surface area contributed by atoms with Crippen LogP contribution in [-0.2, 0) is 9.59 Å². The molecule has 2 heterocycles. The summed E-state index contributed by atoms with van der Waals surface area (Å²) in [6.07, 6.45) is 8.32. The minimum absolute atomic E-state index is 0.165. The van der Waals surface area contributed by atoms with E-state index in [1.54, 1.807) is 0 Å². The van der Waals surface area contributed by atoms with Gasteiger partial charge in [-0.3, -0.25) is 19.8 Å². The van der Waals surface area contributed by atoms with Gasteiger partial charge in [-0.2, -0.15) is 0 Å². The van der Waals surface area contributed by atoms with Crippen LogP contribution in [0.25, 0.3) is 0 Å². The van der Waals surface area contributed by atoms with Gasteiger partial charge < -0.3 is 5.32 Å². The zero-order valence-corrected chi connectivity index (χ0v) is 10.4. The topological polar surface area (TPSA) is 61.4 Å².